The molecule has 0 heterocycles. The van der Waals surface area contributed by atoms with E-state index >= 15 is 0 Å². The van der Waals surface area contributed by atoms with E-state index in [1.165, 1.54) is 0 Å². The lowest BCUT2D eigenvalue weighted by Gasteiger charge is -2.12. The molecule has 6 heteroatoms. The highest BCUT2D eigenvalue weighted by Gasteiger charge is 2.28. The Morgan fingerprint density at radius 1 is 1.28 bits per heavy atom. The Morgan fingerprint density at radius 3 is 2.44 bits per heavy atom. The number of aliphatic hydroxyl groups is 1. The van der Waals surface area contributed by atoms with Crippen LogP contribution < -0.4 is 4.74 Å². The minimum atomic E-state index is -4.63. The summed E-state index contributed by atoms with van der Waals surface area (Å²) in [6.45, 7) is 2.65. The van der Waals surface area contributed by atoms with E-state index in [-0.39, 0.29) is 6.61 Å². The number of ether oxygens (including phenoxy) is 2. The second-order valence-electron chi connectivity index (χ2n) is 3.84. The minimum Gasteiger partial charge on any atom is -0.491 e. The van der Waals surface area contributed by atoms with Gasteiger partial charge in [-0.05, 0) is 37.1 Å². The largest absolute Gasteiger partial charge is 0.522 e. The first-order chi connectivity index (χ1) is 8.29. The van der Waals surface area contributed by atoms with Gasteiger partial charge >= 0.3 is 6.36 Å². The number of aryl methyl sites for hydroxylation is 1. The molecule has 0 saturated heterocycles. The van der Waals surface area contributed by atoms with Crippen molar-refractivity contribution in [2.24, 2.45) is 0 Å². The van der Waals surface area contributed by atoms with Crippen LogP contribution in [0.5, 0.6) is 5.75 Å². The molecule has 1 N–H and O–H groups in total. The quantitative estimate of drug-likeness (QED) is 0.831. The molecule has 0 aliphatic heterocycles. The monoisotopic (exact) mass is 264 g/mol. The fraction of sp³-hybridized carbons (Fsp3) is 0.500. The van der Waals surface area contributed by atoms with Gasteiger partial charge in [-0.25, -0.2) is 0 Å². The van der Waals surface area contributed by atoms with Crippen molar-refractivity contribution in [2.45, 2.75) is 26.3 Å². The van der Waals surface area contributed by atoms with Crippen LogP contribution in [0.15, 0.2) is 18.2 Å². The first-order valence-corrected chi connectivity index (χ1v) is 5.41. The molecule has 0 unspecified atom stereocenters. The molecule has 18 heavy (non-hydrogen) atoms. The SMILES string of the molecule is Cc1cc([C@H](C)O)ccc1OCCOC(F)(F)F. The third-order valence-electron chi connectivity index (χ3n) is 2.29. The van der Waals surface area contributed by atoms with Gasteiger partial charge in [0.1, 0.15) is 12.4 Å². The predicted octanol–water partition coefficient (Wildman–Crippen LogP) is 2.96. The molecule has 1 aromatic carbocycles. The van der Waals surface area contributed by atoms with Crippen LogP contribution in [0.1, 0.15) is 24.2 Å². The van der Waals surface area contributed by atoms with Crippen molar-refractivity contribution < 1.29 is 27.8 Å². The summed E-state index contributed by atoms with van der Waals surface area (Å²) in [5.41, 5.74) is 1.48. The van der Waals surface area contributed by atoms with Crippen molar-refractivity contribution in [1.82, 2.24) is 0 Å². The molecule has 0 amide bonds. The van der Waals surface area contributed by atoms with E-state index < -0.39 is 19.1 Å². The van der Waals surface area contributed by atoms with Gasteiger partial charge in [-0.15, -0.1) is 13.2 Å². The van der Waals surface area contributed by atoms with E-state index in [0.717, 1.165) is 11.1 Å². The second-order valence-corrected chi connectivity index (χ2v) is 3.84. The van der Waals surface area contributed by atoms with Crippen LogP contribution >= 0.6 is 0 Å². The average Bonchev–Trinajstić information content (AvgIpc) is 2.24. The minimum absolute atomic E-state index is 0.186. The van der Waals surface area contributed by atoms with E-state index in [1.54, 1.807) is 32.0 Å². The lowest BCUT2D eigenvalue weighted by molar-refractivity contribution is -0.325. The van der Waals surface area contributed by atoms with Gasteiger partial charge in [-0.1, -0.05) is 6.07 Å². The first-order valence-electron chi connectivity index (χ1n) is 5.41. The van der Waals surface area contributed by atoms with Crippen molar-refractivity contribution in [2.75, 3.05) is 13.2 Å². The van der Waals surface area contributed by atoms with Crippen LogP contribution in [0.25, 0.3) is 0 Å². The van der Waals surface area contributed by atoms with Gasteiger partial charge in [-0.2, -0.15) is 0 Å². The van der Waals surface area contributed by atoms with Crippen LogP contribution in [-0.4, -0.2) is 24.7 Å². The molecule has 0 radical (unpaired) electrons. The van der Waals surface area contributed by atoms with Gasteiger partial charge in [0.25, 0.3) is 0 Å². The maximum Gasteiger partial charge on any atom is 0.522 e. The van der Waals surface area contributed by atoms with Gasteiger partial charge in [0.2, 0.25) is 0 Å². The van der Waals surface area contributed by atoms with Crippen molar-refractivity contribution in [3.63, 3.8) is 0 Å². The molecular formula is C12H15F3O3. The van der Waals surface area contributed by atoms with E-state index in [2.05, 4.69) is 4.74 Å². The molecule has 1 rings (SSSR count). The molecule has 0 aliphatic rings. The highest BCUT2D eigenvalue weighted by Crippen LogP contribution is 2.23. The topological polar surface area (TPSA) is 38.7 Å². The molecule has 1 atom stereocenters. The molecule has 0 bridgehead atoms. The third-order valence-corrected chi connectivity index (χ3v) is 2.29. The van der Waals surface area contributed by atoms with E-state index in [4.69, 9.17) is 4.74 Å². The number of halogens is 3. The number of rotatable bonds is 5. The van der Waals surface area contributed by atoms with Crippen LogP contribution in [0.3, 0.4) is 0 Å². The third kappa shape index (κ3) is 4.93. The summed E-state index contributed by atoms with van der Waals surface area (Å²) in [7, 11) is 0. The molecule has 3 nitrogen and oxygen atoms in total. The summed E-state index contributed by atoms with van der Waals surface area (Å²) in [5, 5.41) is 9.36. The van der Waals surface area contributed by atoms with Crippen molar-refractivity contribution in [1.29, 1.82) is 0 Å². The molecular weight excluding hydrogens is 249 g/mol. The fourth-order valence-electron chi connectivity index (χ4n) is 1.40. The summed E-state index contributed by atoms with van der Waals surface area (Å²) in [6, 6.07) is 5.01. The zero-order valence-corrected chi connectivity index (χ0v) is 10.1. The number of alkyl halides is 3. The summed E-state index contributed by atoms with van der Waals surface area (Å²) >= 11 is 0. The Morgan fingerprint density at radius 2 is 1.94 bits per heavy atom. The van der Waals surface area contributed by atoms with Crippen LogP contribution in [-0.2, 0) is 4.74 Å². The standard InChI is InChI=1S/C12H15F3O3/c1-8-7-10(9(2)16)3-4-11(8)17-5-6-18-12(13,14)15/h3-4,7,9,16H,5-6H2,1-2H3/t9-/m0/s1. The van der Waals surface area contributed by atoms with E-state index in [9.17, 15) is 18.3 Å². The highest BCUT2D eigenvalue weighted by atomic mass is 19.4. The highest BCUT2D eigenvalue weighted by molar-refractivity contribution is 5.36. The molecule has 0 spiro atoms. The average molecular weight is 264 g/mol. The number of aliphatic hydroxyl groups excluding tert-OH is 1. The fourth-order valence-corrected chi connectivity index (χ4v) is 1.40. The van der Waals surface area contributed by atoms with Crippen molar-refractivity contribution >= 4 is 0 Å². The summed E-state index contributed by atoms with van der Waals surface area (Å²) in [6.07, 6.45) is -5.22. The van der Waals surface area contributed by atoms with Gasteiger partial charge in [-0.3, -0.25) is 4.74 Å². The number of benzene rings is 1. The molecule has 0 fully saturated rings. The van der Waals surface area contributed by atoms with Gasteiger partial charge in [0, 0.05) is 0 Å². The van der Waals surface area contributed by atoms with Crippen molar-refractivity contribution in [3.05, 3.63) is 29.3 Å². The van der Waals surface area contributed by atoms with E-state index in [1.807, 2.05) is 0 Å². The van der Waals surface area contributed by atoms with Crippen LogP contribution in [0.2, 0.25) is 0 Å². The Kier molecular flexibility index (Phi) is 4.98. The lowest BCUT2D eigenvalue weighted by atomic mass is 10.1. The predicted molar refractivity (Wildman–Crippen MR) is 59.3 cm³/mol. The number of hydrogen-bond acceptors (Lipinski definition) is 3. The molecule has 102 valence electrons. The summed E-state index contributed by atoms with van der Waals surface area (Å²) in [5.74, 6) is 0.477. The van der Waals surface area contributed by atoms with Gasteiger partial charge in [0.15, 0.2) is 0 Å². The molecule has 0 aliphatic carbocycles. The summed E-state index contributed by atoms with van der Waals surface area (Å²) < 4.78 is 43.8. The zero-order valence-electron chi connectivity index (χ0n) is 10.1. The van der Waals surface area contributed by atoms with Gasteiger partial charge < -0.3 is 9.84 Å². The molecule has 0 aromatic heterocycles. The maximum atomic E-state index is 11.7. The molecule has 0 saturated carbocycles. The normalized spacial score (nSPS) is 13.4. The summed E-state index contributed by atoms with van der Waals surface area (Å²) in [4.78, 5) is 0. The van der Waals surface area contributed by atoms with Gasteiger partial charge in [0.05, 0.1) is 12.7 Å². The maximum absolute atomic E-state index is 11.7. The zero-order chi connectivity index (χ0) is 13.8. The van der Waals surface area contributed by atoms with Crippen LogP contribution in [0, 0.1) is 6.92 Å². The van der Waals surface area contributed by atoms with E-state index in [0.29, 0.717) is 5.75 Å². The first kappa shape index (κ1) is 14.8. The Bertz CT molecular complexity index is 389. The van der Waals surface area contributed by atoms with Crippen LogP contribution in [0.4, 0.5) is 13.2 Å². The molecule has 1 aromatic rings. The Balaban J connectivity index is 2.48. The van der Waals surface area contributed by atoms with Crippen molar-refractivity contribution in [3.8, 4) is 5.75 Å². The Hall–Kier alpha value is -1.27. The Labute approximate surface area is 103 Å². The lowest BCUT2D eigenvalue weighted by Crippen LogP contribution is -2.18. The number of hydrogen-bond donors (Lipinski definition) is 1. The smallest absolute Gasteiger partial charge is 0.491 e. The second kappa shape index (κ2) is 6.06.